The van der Waals surface area contributed by atoms with E-state index in [-0.39, 0.29) is 11.3 Å². The van der Waals surface area contributed by atoms with Crippen LogP contribution in [0.15, 0.2) is 54.7 Å². The molecule has 0 bridgehead atoms. The van der Waals surface area contributed by atoms with Crippen LogP contribution in [-0.2, 0) is 6.42 Å². The number of halogens is 1. The van der Waals surface area contributed by atoms with Crippen LogP contribution in [0.4, 0.5) is 0 Å². The van der Waals surface area contributed by atoms with Crippen LogP contribution in [-0.4, -0.2) is 15.9 Å². The summed E-state index contributed by atoms with van der Waals surface area (Å²) >= 11 is 6.00. The summed E-state index contributed by atoms with van der Waals surface area (Å²) in [7, 11) is 0. The minimum absolute atomic E-state index is 0.199. The summed E-state index contributed by atoms with van der Waals surface area (Å²) < 4.78 is 0. The molecular weight excluding hydrogens is 336 g/mol. The van der Waals surface area contributed by atoms with Gasteiger partial charge in [0.25, 0.3) is 5.91 Å². The Morgan fingerprint density at radius 1 is 1.16 bits per heavy atom. The van der Waals surface area contributed by atoms with Gasteiger partial charge in [0.2, 0.25) is 0 Å². The second-order valence-electron chi connectivity index (χ2n) is 5.43. The fraction of sp³-hybridized carbons (Fsp3) is 0.0526. The van der Waals surface area contributed by atoms with E-state index in [1.54, 1.807) is 12.3 Å². The maximum atomic E-state index is 11.6. The molecule has 2 aromatic heterocycles. The predicted octanol–water partition coefficient (Wildman–Crippen LogP) is 3.36. The van der Waals surface area contributed by atoms with Crippen molar-refractivity contribution in [2.24, 2.45) is 5.73 Å². The quantitative estimate of drug-likeness (QED) is 0.782. The molecule has 0 unspecified atom stereocenters. The van der Waals surface area contributed by atoms with Gasteiger partial charge in [-0.25, -0.2) is 4.98 Å². The first kappa shape index (κ1) is 16.6. The first-order chi connectivity index (χ1) is 12.1. The fourth-order valence-electron chi connectivity index (χ4n) is 2.47. The Morgan fingerprint density at radius 3 is 2.64 bits per heavy atom. The number of benzene rings is 1. The number of pyridine rings is 2. The molecule has 1 aromatic carbocycles. The van der Waals surface area contributed by atoms with E-state index in [0.29, 0.717) is 22.8 Å². The first-order valence-corrected chi connectivity index (χ1v) is 7.85. The van der Waals surface area contributed by atoms with E-state index < -0.39 is 5.91 Å². The van der Waals surface area contributed by atoms with Crippen LogP contribution < -0.4 is 5.73 Å². The molecule has 3 rings (SSSR count). The zero-order valence-corrected chi connectivity index (χ0v) is 13.9. The van der Waals surface area contributed by atoms with Crippen molar-refractivity contribution in [1.29, 1.82) is 5.26 Å². The molecule has 6 heteroatoms. The third kappa shape index (κ3) is 3.82. The van der Waals surface area contributed by atoms with Crippen molar-refractivity contribution in [1.82, 2.24) is 9.97 Å². The van der Waals surface area contributed by atoms with Crippen LogP contribution in [0, 0.1) is 11.3 Å². The molecule has 122 valence electrons. The second kappa shape index (κ2) is 7.12. The Kier molecular flexibility index (Phi) is 4.73. The average Bonchev–Trinajstić information content (AvgIpc) is 2.62. The molecule has 25 heavy (non-hydrogen) atoms. The van der Waals surface area contributed by atoms with Gasteiger partial charge in [0.15, 0.2) is 0 Å². The average molecular weight is 349 g/mol. The van der Waals surface area contributed by atoms with Crippen LogP contribution >= 0.6 is 11.6 Å². The van der Waals surface area contributed by atoms with Gasteiger partial charge >= 0.3 is 0 Å². The van der Waals surface area contributed by atoms with Gasteiger partial charge < -0.3 is 5.73 Å². The maximum absolute atomic E-state index is 11.6. The smallest absolute Gasteiger partial charge is 0.250 e. The number of hydrogen-bond acceptors (Lipinski definition) is 4. The van der Waals surface area contributed by atoms with E-state index in [1.165, 1.54) is 12.1 Å². The number of nitrogens with zero attached hydrogens (tertiary/aromatic N) is 3. The summed E-state index contributed by atoms with van der Waals surface area (Å²) in [4.78, 5) is 20.1. The lowest BCUT2D eigenvalue weighted by atomic mass is 10.0. The zero-order valence-electron chi connectivity index (χ0n) is 13.1. The number of amides is 1. The topological polar surface area (TPSA) is 92.7 Å². The van der Waals surface area contributed by atoms with Crippen LogP contribution in [0.1, 0.15) is 27.2 Å². The fourth-order valence-corrected chi connectivity index (χ4v) is 2.68. The molecule has 1 amide bonds. The SMILES string of the molecule is N#Cc1ccc(C(N)=O)c(-c2ccc(Cc3cccc(Cl)c3)cn2)n1. The largest absolute Gasteiger partial charge is 0.366 e. The van der Waals surface area contributed by atoms with Gasteiger partial charge in [0, 0.05) is 11.2 Å². The Hall–Kier alpha value is -3.23. The third-order valence-corrected chi connectivity index (χ3v) is 3.87. The molecule has 2 N–H and O–H groups in total. The number of rotatable bonds is 4. The zero-order chi connectivity index (χ0) is 17.8. The lowest BCUT2D eigenvalue weighted by Crippen LogP contribution is -2.14. The highest BCUT2D eigenvalue weighted by Crippen LogP contribution is 2.21. The van der Waals surface area contributed by atoms with E-state index >= 15 is 0 Å². The molecule has 0 saturated carbocycles. The van der Waals surface area contributed by atoms with Gasteiger partial charge in [-0.3, -0.25) is 9.78 Å². The second-order valence-corrected chi connectivity index (χ2v) is 5.86. The molecule has 0 atom stereocenters. The molecule has 0 aliphatic carbocycles. The Balaban J connectivity index is 1.92. The highest BCUT2D eigenvalue weighted by molar-refractivity contribution is 6.30. The monoisotopic (exact) mass is 348 g/mol. The number of nitriles is 1. The molecule has 5 nitrogen and oxygen atoms in total. The molecule has 2 heterocycles. The van der Waals surface area contributed by atoms with Gasteiger partial charge in [-0.15, -0.1) is 0 Å². The van der Waals surface area contributed by atoms with Gasteiger partial charge in [0.05, 0.1) is 11.3 Å². The molecule has 3 aromatic rings. The van der Waals surface area contributed by atoms with Gasteiger partial charge in [-0.05, 0) is 47.9 Å². The molecule has 0 fully saturated rings. The van der Waals surface area contributed by atoms with Crippen molar-refractivity contribution in [3.8, 4) is 17.5 Å². The first-order valence-electron chi connectivity index (χ1n) is 7.47. The molecule has 0 saturated heterocycles. The highest BCUT2D eigenvalue weighted by atomic mass is 35.5. The number of hydrogen-bond donors (Lipinski definition) is 1. The normalized spacial score (nSPS) is 10.2. The minimum Gasteiger partial charge on any atom is -0.366 e. The number of carbonyl (C=O) groups excluding carboxylic acids is 1. The number of primary amides is 1. The summed E-state index contributed by atoms with van der Waals surface area (Å²) in [5.74, 6) is -0.614. The van der Waals surface area contributed by atoms with Gasteiger partial charge in [-0.1, -0.05) is 29.8 Å². The van der Waals surface area contributed by atoms with E-state index in [4.69, 9.17) is 22.6 Å². The third-order valence-electron chi connectivity index (χ3n) is 3.64. The van der Waals surface area contributed by atoms with Crippen molar-refractivity contribution < 1.29 is 4.79 Å². The molecule has 0 radical (unpaired) electrons. The summed E-state index contributed by atoms with van der Waals surface area (Å²) in [5.41, 5.74) is 8.67. The van der Waals surface area contributed by atoms with Crippen LogP contribution in [0.3, 0.4) is 0 Å². The van der Waals surface area contributed by atoms with Crippen molar-refractivity contribution in [2.75, 3.05) is 0 Å². The lowest BCUT2D eigenvalue weighted by molar-refractivity contribution is 0.100. The van der Waals surface area contributed by atoms with E-state index in [0.717, 1.165) is 11.1 Å². The Morgan fingerprint density at radius 2 is 2.00 bits per heavy atom. The summed E-state index contributed by atoms with van der Waals surface area (Å²) in [6.07, 6.45) is 2.39. The lowest BCUT2D eigenvalue weighted by Gasteiger charge is -2.07. The van der Waals surface area contributed by atoms with Crippen LogP contribution in [0.5, 0.6) is 0 Å². The van der Waals surface area contributed by atoms with Crippen LogP contribution in [0.25, 0.3) is 11.4 Å². The summed E-state index contributed by atoms with van der Waals surface area (Å²) in [6.45, 7) is 0. The van der Waals surface area contributed by atoms with Gasteiger partial charge in [0.1, 0.15) is 17.5 Å². The standard InChI is InChI=1S/C19H13ClN4O/c20-14-3-1-2-12(9-14)8-13-4-7-17(23-11-13)18-16(19(22)25)6-5-15(10-21)24-18/h1-7,9,11H,8H2,(H2,22,25). The van der Waals surface area contributed by atoms with E-state index in [9.17, 15) is 4.79 Å². The number of aromatic nitrogens is 2. The number of nitrogens with two attached hydrogens (primary N) is 1. The summed E-state index contributed by atoms with van der Waals surface area (Å²) in [5, 5.41) is 9.70. The maximum Gasteiger partial charge on any atom is 0.250 e. The van der Waals surface area contributed by atoms with E-state index in [1.807, 2.05) is 36.4 Å². The minimum atomic E-state index is -0.614. The Bertz CT molecular complexity index is 977. The number of carbonyl (C=O) groups is 1. The van der Waals surface area contributed by atoms with Crippen molar-refractivity contribution in [3.05, 3.63) is 82.1 Å². The Labute approximate surface area is 149 Å². The molecular formula is C19H13ClN4O. The van der Waals surface area contributed by atoms with Crippen molar-refractivity contribution in [3.63, 3.8) is 0 Å². The summed E-state index contributed by atoms with van der Waals surface area (Å²) in [6, 6.07) is 16.2. The molecule has 0 spiro atoms. The molecule has 0 aliphatic rings. The van der Waals surface area contributed by atoms with E-state index in [2.05, 4.69) is 9.97 Å². The highest BCUT2D eigenvalue weighted by Gasteiger charge is 2.14. The van der Waals surface area contributed by atoms with Gasteiger partial charge in [-0.2, -0.15) is 5.26 Å². The predicted molar refractivity (Wildman–Crippen MR) is 95.0 cm³/mol. The van der Waals surface area contributed by atoms with Crippen molar-refractivity contribution in [2.45, 2.75) is 6.42 Å². The van der Waals surface area contributed by atoms with Crippen molar-refractivity contribution >= 4 is 17.5 Å². The van der Waals surface area contributed by atoms with Crippen LogP contribution in [0.2, 0.25) is 5.02 Å². The molecule has 0 aliphatic heterocycles.